The van der Waals surface area contributed by atoms with Crippen molar-refractivity contribution in [3.63, 3.8) is 0 Å². The van der Waals surface area contributed by atoms with Crippen LogP contribution >= 0.6 is 0 Å². The van der Waals surface area contributed by atoms with Gasteiger partial charge in [0, 0.05) is 6.07 Å². The van der Waals surface area contributed by atoms with Crippen LogP contribution in [0.15, 0.2) is 18.2 Å². The fraction of sp³-hybridized carbons (Fsp3) is 0.714. The van der Waals surface area contributed by atoms with Crippen LogP contribution < -0.4 is 0 Å². The standard InChI is InChI=1S/C21H28F2O/c22-19-10-18(11-20(23)12-19)15-4-6-16(7-5-15)21-9-8-17(13-24-21)14-2-1-3-14/h10-12,14-17,21H,1-9,13H2. The highest BCUT2D eigenvalue weighted by atomic mass is 19.1. The van der Waals surface area contributed by atoms with E-state index in [-0.39, 0.29) is 0 Å². The van der Waals surface area contributed by atoms with Crippen LogP contribution in [0.4, 0.5) is 8.78 Å². The number of hydrogen-bond donors (Lipinski definition) is 0. The van der Waals surface area contributed by atoms with E-state index in [9.17, 15) is 8.78 Å². The molecule has 0 amide bonds. The van der Waals surface area contributed by atoms with E-state index in [2.05, 4.69) is 0 Å². The zero-order chi connectivity index (χ0) is 16.5. The zero-order valence-electron chi connectivity index (χ0n) is 14.4. The topological polar surface area (TPSA) is 9.23 Å². The summed E-state index contributed by atoms with van der Waals surface area (Å²) in [5.74, 6) is 1.78. The number of ether oxygens (including phenoxy) is 1. The van der Waals surface area contributed by atoms with Crippen molar-refractivity contribution >= 4 is 0 Å². The first-order valence-corrected chi connectivity index (χ1v) is 9.76. The second kappa shape index (κ2) is 7.11. The van der Waals surface area contributed by atoms with Crippen LogP contribution in [0.1, 0.15) is 69.3 Å². The van der Waals surface area contributed by atoms with E-state index in [4.69, 9.17) is 4.74 Å². The highest BCUT2D eigenvalue weighted by Gasteiger charge is 2.35. The molecular weight excluding hydrogens is 306 g/mol. The van der Waals surface area contributed by atoms with Crippen molar-refractivity contribution in [1.29, 1.82) is 0 Å². The van der Waals surface area contributed by atoms with Gasteiger partial charge in [0.15, 0.2) is 0 Å². The summed E-state index contributed by atoms with van der Waals surface area (Å²) < 4.78 is 33.1. The lowest BCUT2D eigenvalue weighted by atomic mass is 9.71. The molecule has 3 heteroatoms. The molecule has 2 saturated carbocycles. The third-order valence-electron chi connectivity index (χ3n) is 6.82. The van der Waals surface area contributed by atoms with Crippen LogP contribution in [0.25, 0.3) is 0 Å². The fourth-order valence-electron chi connectivity index (χ4n) is 5.08. The quantitative estimate of drug-likeness (QED) is 0.675. The first-order valence-electron chi connectivity index (χ1n) is 9.76. The summed E-state index contributed by atoms with van der Waals surface area (Å²) in [6.45, 7) is 0.963. The Morgan fingerprint density at radius 2 is 1.38 bits per heavy atom. The van der Waals surface area contributed by atoms with E-state index in [1.165, 1.54) is 44.2 Å². The number of halogens is 2. The van der Waals surface area contributed by atoms with Crippen molar-refractivity contribution in [2.24, 2.45) is 17.8 Å². The van der Waals surface area contributed by atoms with Crippen molar-refractivity contribution in [3.05, 3.63) is 35.4 Å². The smallest absolute Gasteiger partial charge is 0.126 e. The highest BCUT2D eigenvalue weighted by molar-refractivity contribution is 5.22. The van der Waals surface area contributed by atoms with Gasteiger partial charge in [-0.2, -0.15) is 0 Å². The monoisotopic (exact) mass is 334 g/mol. The molecule has 0 spiro atoms. The summed E-state index contributed by atoms with van der Waals surface area (Å²) in [4.78, 5) is 0. The van der Waals surface area contributed by atoms with Gasteiger partial charge in [0.1, 0.15) is 11.6 Å². The normalized spacial score (nSPS) is 34.8. The van der Waals surface area contributed by atoms with Gasteiger partial charge in [0.2, 0.25) is 0 Å². The Balaban J connectivity index is 1.28. The minimum Gasteiger partial charge on any atom is -0.378 e. The maximum absolute atomic E-state index is 13.4. The summed E-state index contributed by atoms with van der Waals surface area (Å²) in [6, 6.07) is 3.98. The van der Waals surface area contributed by atoms with E-state index < -0.39 is 11.6 Å². The Morgan fingerprint density at radius 3 is 1.92 bits per heavy atom. The first-order chi connectivity index (χ1) is 11.7. The average Bonchev–Trinajstić information content (AvgIpc) is 2.53. The maximum Gasteiger partial charge on any atom is 0.126 e. The molecule has 132 valence electrons. The second-order valence-corrected chi connectivity index (χ2v) is 8.21. The van der Waals surface area contributed by atoms with Crippen LogP contribution in [0.2, 0.25) is 0 Å². The molecular formula is C21H28F2O. The molecule has 2 atom stereocenters. The summed E-state index contributed by atoms with van der Waals surface area (Å²) in [6.07, 6.45) is 11.5. The molecule has 1 saturated heterocycles. The van der Waals surface area contributed by atoms with Gasteiger partial charge in [-0.3, -0.25) is 0 Å². The third-order valence-corrected chi connectivity index (χ3v) is 6.82. The summed E-state index contributed by atoms with van der Waals surface area (Å²) >= 11 is 0. The summed E-state index contributed by atoms with van der Waals surface area (Å²) in [5, 5.41) is 0. The lowest BCUT2D eigenvalue weighted by Gasteiger charge is -2.42. The zero-order valence-corrected chi connectivity index (χ0v) is 14.4. The minimum atomic E-state index is -0.454. The average molecular weight is 334 g/mol. The molecule has 0 bridgehead atoms. The van der Waals surface area contributed by atoms with Gasteiger partial charge in [-0.15, -0.1) is 0 Å². The Kier molecular flexibility index (Phi) is 4.89. The molecule has 2 unspecified atom stereocenters. The van der Waals surface area contributed by atoms with Gasteiger partial charge < -0.3 is 4.74 Å². The molecule has 3 aliphatic rings. The van der Waals surface area contributed by atoms with Crippen molar-refractivity contribution in [2.75, 3.05) is 6.61 Å². The first kappa shape index (κ1) is 16.5. The fourth-order valence-corrected chi connectivity index (χ4v) is 5.08. The molecule has 3 fully saturated rings. The molecule has 24 heavy (non-hydrogen) atoms. The van der Waals surface area contributed by atoms with E-state index in [0.29, 0.717) is 17.9 Å². The summed E-state index contributed by atoms with van der Waals surface area (Å²) in [5.41, 5.74) is 0.834. The second-order valence-electron chi connectivity index (χ2n) is 8.21. The van der Waals surface area contributed by atoms with Crippen LogP contribution in [0.3, 0.4) is 0 Å². The molecule has 0 N–H and O–H groups in total. The van der Waals surface area contributed by atoms with Crippen molar-refractivity contribution in [1.82, 2.24) is 0 Å². The summed E-state index contributed by atoms with van der Waals surface area (Å²) in [7, 11) is 0. The maximum atomic E-state index is 13.4. The van der Waals surface area contributed by atoms with Gasteiger partial charge in [-0.05, 0) is 79.9 Å². The van der Waals surface area contributed by atoms with Gasteiger partial charge >= 0.3 is 0 Å². The van der Waals surface area contributed by atoms with Gasteiger partial charge in [-0.25, -0.2) is 8.78 Å². The number of hydrogen-bond acceptors (Lipinski definition) is 1. The Bertz CT molecular complexity index is 533. The molecule has 0 aromatic heterocycles. The molecule has 2 aliphatic carbocycles. The van der Waals surface area contributed by atoms with Crippen LogP contribution in [-0.4, -0.2) is 12.7 Å². The molecule has 1 nitrogen and oxygen atoms in total. The molecule has 1 aliphatic heterocycles. The van der Waals surface area contributed by atoms with E-state index in [0.717, 1.165) is 55.8 Å². The Labute approximate surface area is 143 Å². The largest absolute Gasteiger partial charge is 0.378 e. The van der Waals surface area contributed by atoms with Crippen molar-refractivity contribution in [2.45, 2.75) is 69.8 Å². The number of rotatable bonds is 3. The van der Waals surface area contributed by atoms with Gasteiger partial charge in [0.25, 0.3) is 0 Å². The van der Waals surface area contributed by atoms with Gasteiger partial charge in [-0.1, -0.05) is 19.3 Å². The lowest BCUT2D eigenvalue weighted by molar-refractivity contribution is -0.0757. The third kappa shape index (κ3) is 3.51. The van der Waals surface area contributed by atoms with Crippen LogP contribution in [0.5, 0.6) is 0 Å². The molecule has 1 aromatic carbocycles. The van der Waals surface area contributed by atoms with Gasteiger partial charge in [0.05, 0.1) is 12.7 Å². The highest BCUT2D eigenvalue weighted by Crippen LogP contribution is 2.43. The Morgan fingerprint density at radius 1 is 0.708 bits per heavy atom. The van der Waals surface area contributed by atoms with E-state index in [1.54, 1.807) is 0 Å². The minimum absolute atomic E-state index is 0.303. The lowest BCUT2D eigenvalue weighted by Crippen LogP contribution is -2.37. The van der Waals surface area contributed by atoms with Crippen LogP contribution in [-0.2, 0) is 4.74 Å². The van der Waals surface area contributed by atoms with Crippen molar-refractivity contribution < 1.29 is 13.5 Å². The SMILES string of the molecule is Fc1cc(F)cc(C2CCC(C3CCC(C4CCC4)CO3)CC2)c1. The molecule has 1 aromatic rings. The molecule has 4 rings (SSSR count). The Hall–Kier alpha value is -0.960. The number of benzene rings is 1. The van der Waals surface area contributed by atoms with E-state index >= 15 is 0 Å². The molecule has 0 radical (unpaired) electrons. The predicted molar refractivity (Wildman–Crippen MR) is 90.9 cm³/mol. The van der Waals surface area contributed by atoms with Crippen LogP contribution in [0, 0.1) is 29.4 Å². The predicted octanol–water partition coefficient (Wildman–Crippen LogP) is 5.83. The van der Waals surface area contributed by atoms with Crippen molar-refractivity contribution in [3.8, 4) is 0 Å². The molecule has 1 heterocycles. The van der Waals surface area contributed by atoms with E-state index in [1.807, 2.05) is 0 Å².